The van der Waals surface area contributed by atoms with Crippen LogP contribution in [0.1, 0.15) is 6.42 Å². The molecule has 2 aromatic heterocycles. The Kier molecular flexibility index (Phi) is 5.35. The molecule has 0 aliphatic carbocycles. The van der Waals surface area contributed by atoms with Crippen molar-refractivity contribution in [3.8, 4) is 0 Å². The third-order valence-corrected chi connectivity index (χ3v) is 5.04. The molecule has 0 aliphatic heterocycles. The Labute approximate surface area is 125 Å². The Bertz CT molecular complexity index is 667. The first-order valence-electron chi connectivity index (χ1n) is 5.85. The average Bonchev–Trinajstić information content (AvgIpc) is 2.92. The lowest BCUT2D eigenvalue weighted by Gasteiger charge is -2.06. The smallest absolute Gasteiger partial charge is 0.259 e. The number of sulfonamides is 1. The lowest BCUT2D eigenvalue weighted by molar-refractivity contribution is 0.0913. The first-order chi connectivity index (χ1) is 9.56. The maximum atomic E-state index is 12.2. The van der Waals surface area contributed by atoms with Crippen molar-refractivity contribution >= 4 is 37.9 Å². The van der Waals surface area contributed by atoms with E-state index in [1.54, 1.807) is 11.6 Å². The molecule has 2 N–H and O–H groups in total. The minimum Gasteiger partial charge on any atom is -0.394 e. The first-order valence-corrected chi connectivity index (χ1v) is 8.59. The normalized spacial score (nSPS) is 12.3. The molecule has 0 aromatic carbocycles. The van der Waals surface area contributed by atoms with Gasteiger partial charge >= 0.3 is 0 Å². The highest BCUT2D eigenvalue weighted by Crippen LogP contribution is 2.24. The summed E-state index contributed by atoms with van der Waals surface area (Å²) in [6, 6.07) is 0. The zero-order valence-electron chi connectivity index (χ0n) is 10.5. The largest absolute Gasteiger partial charge is 0.394 e. The number of hydrogen-bond acceptors (Lipinski definition) is 6. The van der Waals surface area contributed by atoms with Gasteiger partial charge in [0.25, 0.3) is 10.0 Å². The number of thiazole rings is 1. The van der Waals surface area contributed by atoms with Crippen LogP contribution in [0.4, 0.5) is 0 Å². The molecular weight excluding hydrogens is 326 g/mol. The van der Waals surface area contributed by atoms with Gasteiger partial charge in [-0.1, -0.05) is 11.6 Å². The molecule has 0 radical (unpaired) electrons. The minimum absolute atomic E-state index is 0.0409. The Hall–Kier alpha value is -0.710. The highest BCUT2D eigenvalue weighted by atomic mass is 35.5. The van der Waals surface area contributed by atoms with Crippen molar-refractivity contribution in [1.29, 1.82) is 0 Å². The van der Waals surface area contributed by atoms with Gasteiger partial charge in [0.05, 0.1) is 13.2 Å². The van der Waals surface area contributed by atoms with Crippen LogP contribution in [0.3, 0.4) is 0 Å². The second-order valence-electron chi connectivity index (χ2n) is 3.85. The summed E-state index contributed by atoms with van der Waals surface area (Å²) in [5.74, 6) is 0. The summed E-state index contributed by atoms with van der Waals surface area (Å²) in [5.41, 5.74) is 0. The van der Waals surface area contributed by atoms with E-state index in [2.05, 4.69) is 9.71 Å². The minimum atomic E-state index is -3.72. The van der Waals surface area contributed by atoms with Gasteiger partial charge in [-0.2, -0.15) is 0 Å². The Morgan fingerprint density at radius 3 is 3.05 bits per heavy atom. The fourth-order valence-electron chi connectivity index (χ4n) is 1.59. The van der Waals surface area contributed by atoms with Crippen molar-refractivity contribution in [3.63, 3.8) is 0 Å². The topological polar surface area (TPSA) is 92.9 Å². The van der Waals surface area contributed by atoms with Gasteiger partial charge < -0.3 is 9.84 Å². The molecule has 7 nitrogen and oxygen atoms in total. The lowest BCUT2D eigenvalue weighted by Crippen LogP contribution is -2.27. The molecule has 0 saturated carbocycles. The van der Waals surface area contributed by atoms with Gasteiger partial charge in [0.2, 0.25) is 0 Å². The van der Waals surface area contributed by atoms with E-state index in [0.717, 1.165) is 0 Å². The summed E-state index contributed by atoms with van der Waals surface area (Å²) in [5, 5.41) is 10.2. The molecule has 0 unspecified atom stereocenters. The SMILES string of the molecule is O=S(=O)(NCCCOCCO)c1c(Cl)nc2sccn12. The lowest BCUT2D eigenvalue weighted by atomic mass is 10.5. The molecule has 0 bridgehead atoms. The molecule has 10 heteroatoms. The number of aromatic nitrogens is 2. The Morgan fingerprint density at radius 1 is 1.50 bits per heavy atom. The highest BCUT2D eigenvalue weighted by Gasteiger charge is 2.24. The molecule has 0 atom stereocenters. The van der Waals surface area contributed by atoms with Gasteiger partial charge in [0, 0.05) is 24.7 Å². The van der Waals surface area contributed by atoms with Crippen LogP contribution >= 0.6 is 22.9 Å². The van der Waals surface area contributed by atoms with Crippen LogP contribution in [0.5, 0.6) is 0 Å². The average molecular weight is 340 g/mol. The second-order valence-corrected chi connectivity index (χ2v) is 6.76. The third kappa shape index (κ3) is 3.48. The molecule has 0 spiro atoms. The van der Waals surface area contributed by atoms with Crippen molar-refractivity contribution in [2.24, 2.45) is 0 Å². The van der Waals surface area contributed by atoms with Crippen molar-refractivity contribution in [2.45, 2.75) is 11.4 Å². The molecule has 0 saturated heterocycles. The second kappa shape index (κ2) is 6.83. The summed E-state index contributed by atoms with van der Waals surface area (Å²) >= 11 is 7.19. The maximum Gasteiger partial charge on any atom is 0.259 e. The molecule has 112 valence electrons. The van der Waals surface area contributed by atoms with Crippen LogP contribution in [0.2, 0.25) is 5.15 Å². The molecular formula is C10H14ClN3O4S2. The number of halogens is 1. The fourth-order valence-corrected chi connectivity index (χ4v) is 4.12. The van der Waals surface area contributed by atoms with Gasteiger partial charge in [-0.3, -0.25) is 4.40 Å². The van der Waals surface area contributed by atoms with Crippen LogP contribution in [-0.4, -0.2) is 49.3 Å². The number of imidazole rings is 1. The third-order valence-electron chi connectivity index (χ3n) is 2.43. The van der Waals surface area contributed by atoms with Crippen LogP contribution in [0, 0.1) is 0 Å². The number of nitrogens with zero attached hydrogens (tertiary/aromatic N) is 2. The number of ether oxygens (including phenoxy) is 1. The van der Waals surface area contributed by atoms with E-state index in [1.807, 2.05) is 0 Å². The summed E-state index contributed by atoms with van der Waals surface area (Å²) in [6.45, 7) is 0.794. The standard InChI is InChI=1S/C10H14ClN3O4S2/c11-8-9(14-3-7-19-10(14)13-8)20(16,17)12-2-1-5-18-6-4-15/h3,7,12,15H,1-2,4-6H2. The van der Waals surface area contributed by atoms with Gasteiger partial charge in [-0.15, -0.1) is 11.3 Å². The van der Waals surface area contributed by atoms with E-state index in [4.69, 9.17) is 21.4 Å². The van der Waals surface area contributed by atoms with E-state index in [0.29, 0.717) is 18.0 Å². The van der Waals surface area contributed by atoms with Gasteiger partial charge in [-0.25, -0.2) is 18.1 Å². The van der Waals surface area contributed by atoms with Crippen LogP contribution in [0.15, 0.2) is 16.6 Å². The summed E-state index contributed by atoms with van der Waals surface area (Å²) in [4.78, 5) is 4.51. The van der Waals surface area contributed by atoms with E-state index in [-0.39, 0.29) is 29.9 Å². The molecule has 0 fully saturated rings. The summed E-state index contributed by atoms with van der Waals surface area (Å²) in [6.07, 6.45) is 2.11. The molecule has 20 heavy (non-hydrogen) atoms. The number of nitrogens with one attached hydrogen (secondary N) is 1. The monoisotopic (exact) mass is 339 g/mol. The maximum absolute atomic E-state index is 12.2. The van der Waals surface area contributed by atoms with E-state index < -0.39 is 10.0 Å². The number of hydrogen-bond donors (Lipinski definition) is 2. The number of aliphatic hydroxyl groups is 1. The molecule has 2 heterocycles. The first kappa shape index (κ1) is 15.7. The molecule has 0 aliphatic rings. The quantitative estimate of drug-likeness (QED) is 0.691. The summed E-state index contributed by atoms with van der Waals surface area (Å²) < 4.78 is 33.3. The highest BCUT2D eigenvalue weighted by molar-refractivity contribution is 7.89. The van der Waals surface area contributed by atoms with E-state index in [9.17, 15) is 8.42 Å². The summed E-state index contributed by atoms with van der Waals surface area (Å²) in [7, 11) is -3.72. The van der Waals surface area contributed by atoms with Crippen molar-refractivity contribution in [3.05, 3.63) is 16.7 Å². The number of fused-ring (bicyclic) bond motifs is 1. The predicted octanol–water partition coefficient (Wildman–Crippen LogP) is 0.726. The van der Waals surface area contributed by atoms with E-state index >= 15 is 0 Å². The molecule has 0 amide bonds. The van der Waals surface area contributed by atoms with Crippen LogP contribution in [-0.2, 0) is 14.8 Å². The number of rotatable bonds is 8. The van der Waals surface area contributed by atoms with Crippen LogP contribution < -0.4 is 4.72 Å². The Morgan fingerprint density at radius 2 is 2.30 bits per heavy atom. The van der Waals surface area contributed by atoms with Gasteiger partial charge in [-0.05, 0) is 6.42 Å². The van der Waals surface area contributed by atoms with Gasteiger partial charge in [0.15, 0.2) is 15.1 Å². The van der Waals surface area contributed by atoms with Crippen molar-refractivity contribution in [2.75, 3.05) is 26.4 Å². The fraction of sp³-hybridized carbons (Fsp3) is 0.500. The van der Waals surface area contributed by atoms with Crippen molar-refractivity contribution < 1.29 is 18.3 Å². The van der Waals surface area contributed by atoms with Crippen molar-refractivity contribution in [1.82, 2.24) is 14.1 Å². The Balaban J connectivity index is 2.00. The van der Waals surface area contributed by atoms with E-state index in [1.165, 1.54) is 15.7 Å². The predicted molar refractivity (Wildman–Crippen MR) is 75.8 cm³/mol. The number of aliphatic hydroxyl groups excluding tert-OH is 1. The van der Waals surface area contributed by atoms with Crippen LogP contribution in [0.25, 0.3) is 4.96 Å². The zero-order chi connectivity index (χ0) is 14.6. The zero-order valence-corrected chi connectivity index (χ0v) is 12.8. The molecule has 2 rings (SSSR count). The molecule has 2 aromatic rings. The van der Waals surface area contributed by atoms with Gasteiger partial charge in [0.1, 0.15) is 0 Å².